The Labute approximate surface area is 108 Å². The predicted octanol–water partition coefficient (Wildman–Crippen LogP) is 2.14. The average molecular weight is 240 g/mol. The SMILES string of the molecule is CN(C)c1ccc(/C=C/c2cccc[n+]2C)cn1. The first kappa shape index (κ1) is 12.3. The van der Waals surface area contributed by atoms with Gasteiger partial charge in [0.2, 0.25) is 5.69 Å². The zero-order chi connectivity index (χ0) is 13.0. The Kier molecular flexibility index (Phi) is 3.72. The Hall–Kier alpha value is -2.16. The second-order valence-electron chi connectivity index (χ2n) is 4.41. The van der Waals surface area contributed by atoms with E-state index in [9.17, 15) is 0 Å². The summed E-state index contributed by atoms with van der Waals surface area (Å²) in [4.78, 5) is 6.37. The Morgan fingerprint density at radius 2 is 1.94 bits per heavy atom. The van der Waals surface area contributed by atoms with Gasteiger partial charge in [0.1, 0.15) is 12.9 Å². The first-order valence-corrected chi connectivity index (χ1v) is 5.93. The van der Waals surface area contributed by atoms with Crippen molar-refractivity contribution in [2.45, 2.75) is 0 Å². The van der Waals surface area contributed by atoms with Crippen LogP contribution >= 0.6 is 0 Å². The molecule has 2 heterocycles. The van der Waals surface area contributed by atoms with Crippen molar-refractivity contribution in [3.05, 3.63) is 54.0 Å². The van der Waals surface area contributed by atoms with Crippen LogP contribution in [0, 0.1) is 0 Å². The van der Waals surface area contributed by atoms with Crippen molar-refractivity contribution in [1.82, 2.24) is 4.98 Å². The molecule has 3 nitrogen and oxygen atoms in total. The number of rotatable bonds is 3. The molecule has 0 unspecified atom stereocenters. The highest BCUT2D eigenvalue weighted by Crippen LogP contribution is 2.10. The van der Waals surface area contributed by atoms with Crippen LogP contribution in [0.1, 0.15) is 11.3 Å². The van der Waals surface area contributed by atoms with Gasteiger partial charge >= 0.3 is 0 Å². The summed E-state index contributed by atoms with van der Waals surface area (Å²) in [5.41, 5.74) is 2.26. The molecule has 0 radical (unpaired) electrons. The Morgan fingerprint density at radius 1 is 1.11 bits per heavy atom. The topological polar surface area (TPSA) is 20.0 Å². The molecular weight excluding hydrogens is 222 g/mol. The lowest BCUT2D eigenvalue weighted by molar-refractivity contribution is -0.673. The van der Waals surface area contributed by atoms with Crippen molar-refractivity contribution in [2.24, 2.45) is 7.05 Å². The zero-order valence-corrected chi connectivity index (χ0v) is 11.0. The Bertz CT molecular complexity index is 542. The van der Waals surface area contributed by atoms with Gasteiger partial charge in [-0.25, -0.2) is 9.55 Å². The van der Waals surface area contributed by atoms with Gasteiger partial charge in [0.15, 0.2) is 6.20 Å². The van der Waals surface area contributed by atoms with E-state index in [4.69, 9.17) is 0 Å². The van der Waals surface area contributed by atoms with Crippen molar-refractivity contribution in [1.29, 1.82) is 0 Å². The number of anilines is 1. The first-order valence-electron chi connectivity index (χ1n) is 5.93. The van der Waals surface area contributed by atoms with Crippen LogP contribution in [-0.4, -0.2) is 19.1 Å². The molecular formula is C15H18N3+. The van der Waals surface area contributed by atoms with Crippen LogP contribution in [-0.2, 0) is 7.05 Å². The molecule has 0 aliphatic heterocycles. The third-order valence-corrected chi connectivity index (χ3v) is 2.77. The van der Waals surface area contributed by atoms with Gasteiger partial charge in [-0.2, -0.15) is 0 Å². The van der Waals surface area contributed by atoms with Crippen LogP contribution in [0.15, 0.2) is 42.7 Å². The number of hydrogen-bond donors (Lipinski definition) is 0. The molecule has 3 heteroatoms. The maximum Gasteiger partial charge on any atom is 0.204 e. The molecule has 0 bridgehead atoms. The highest BCUT2D eigenvalue weighted by molar-refractivity contribution is 5.66. The van der Waals surface area contributed by atoms with Gasteiger partial charge in [-0.15, -0.1) is 0 Å². The monoisotopic (exact) mass is 240 g/mol. The normalized spacial score (nSPS) is 10.8. The third kappa shape index (κ3) is 2.94. The molecule has 0 spiro atoms. The number of hydrogen-bond acceptors (Lipinski definition) is 2. The molecule has 0 aliphatic carbocycles. The van der Waals surface area contributed by atoms with Crippen LogP contribution in [0.4, 0.5) is 5.82 Å². The lowest BCUT2D eigenvalue weighted by Crippen LogP contribution is -2.30. The summed E-state index contributed by atoms with van der Waals surface area (Å²) in [7, 11) is 6.01. The summed E-state index contributed by atoms with van der Waals surface area (Å²) in [6.07, 6.45) is 8.08. The summed E-state index contributed by atoms with van der Waals surface area (Å²) in [6, 6.07) is 10.2. The van der Waals surface area contributed by atoms with Gasteiger partial charge in [-0.1, -0.05) is 0 Å². The molecule has 2 aromatic rings. The van der Waals surface area contributed by atoms with E-state index in [0.717, 1.165) is 17.1 Å². The molecule has 92 valence electrons. The van der Waals surface area contributed by atoms with Crippen LogP contribution in [0.5, 0.6) is 0 Å². The molecule has 0 N–H and O–H groups in total. The maximum absolute atomic E-state index is 4.38. The lowest BCUT2D eigenvalue weighted by Gasteiger charge is -2.10. The maximum atomic E-state index is 4.38. The third-order valence-electron chi connectivity index (χ3n) is 2.77. The largest absolute Gasteiger partial charge is 0.363 e. The number of pyridine rings is 2. The molecule has 0 atom stereocenters. The number of aryl methyl sites for hydroxylation is 1. The van der Waals surface area contributed by atoms with E-state index in [1.54, 1.807) is 0 Å². The predicted molar refractivity (Wildman–Crippen MR) is 75.1 cm³/mol. The summed E-state index contributed by atoms with van der Waals surface area (Å²) in [5.74, 6) is 0.970. The van der Waals surface area contributed by atoms with E-state index >= 15 is 0 Å². The van der Waals surface area contributed by atoms with E-state index in [0.29, 0.717) is 0 Å². The standard InChI is InChI=1S/C15H18N3/c1-17(2)15-10-8-13(12-16-15)7-9-14-6-4-5-11-18(14)3/h4-12H,1-3H3/q+1. The zero-order valence-electron chi connectivity index (χ0n) is 11.0. The molecule has 2 rings (SSSR count). The van der Waals surface area contributed by atoms with Gasteiger partial charge in [-0.3, -0.25) is 0 Å². The Balaban J connectivity index is 2.17. The Morgan fingerprint density at radius 3 is 2.56 bits per heavy atom. The molecule has 0 aromatic carbocycles. The number of nitrogens with zero attached hydrogens (tertiary/aromatic N) is 3. The first-order chi connectivity index (χ1) is 8.66. The molecule has 0 fully saturated rings. The second kappa shape index (κ2) is 5.45. The van der Waals surface area contributed by atoms with Gasteiger partial charge in [0.05, 0.1) is 0 Å². The lowest BCUT2D eigenvalue weighted by atomic mass is 10.2. The van der Waals surface area contributed by atoms with E-state index in [1.807, 2.05) is 56.6 Å². The van der Waals surface area contributed by atoms with Crippen LogP contribution < -0.4 is 9.47 Å². The quantitative estimate of drug-likeness (QED) is 0.766. The van der Waals surface area contributed by atoms with Crippen molar-refractivity contribution in [3.63, 3.8) is 0 Å². The fourth-order valence-electron chi connectivity index (χ4n) is 1.65. The van der Waals surface area contributed by atoms with E-state index in [2.05, 4.69) is 33.8 Å². The van der Waals surface area contributed by atoms with Crippen molar-refractivity contribution in [3.8, 4) is 0 Å². The summed E-state index contributed by atoms with van der Waals surface area (Å²) < 4.78 is 2.08. The molecule has 18 heavy (non-hydrogen) atoms. The minimum Gasteiger partial charge on any atom is -0.363 e. The molecule has 0 saturated carbocycles. The van der Waals surface area contributed by atoms with E-state index < -0.39 is 0 Å². The minimum absolute atomic E-state index is 0.970. The van der Waals surface area contributed by atoms with Crippen LogP contribution in [0.2, 0.25) is 0 Å². The molecule has 2 aromatic heterocycles. The second-order valence-corrected chi connectivity index (χ2v) is 4.41. The van der Waals surface area contributed by atoms with Gasteiger partial charge < -0.3 is 4.90 Å². The summed E-state index contributed by atoms with van der Waals surface area (Å²) in [6.45, 7) is 0. The molecule has 0 saturated heterocycles. The van der Waals surface area contributed by atoms with Crippen molar-refractivity contribution in [2.75, 3.05) is 19.0 Å². The van der Waals surface area contributed by atoms with E-state index in [-0.39, 0.29) is 0 Å². The smallest absolute Gasteiger partial charge is 0.204 e. The molecule has 0 amide bonds. The van der Waals surface area contributed by atoms with Gasteiger partial charge in [-0.05, 0) is 29.8 Å². The van der Waals surface area contributed by atoms with Gasteiger partial charge in [0, 0.05) is 38.5 Å². The highest BCUT2D eigenvalue weighted by atomic mass is 15.1. The fraction of sp³-hybridized carbons (Fsp3) is 0.200. The fourth-order valence-corrected chi connectivity index (χ4v) is 1.65. The molecule has 0 aliphatic rings. The van der Waals surface area contributed by atoms with Crippen LogP contribution in [0.3, 0.4) is 0 Å². The van der Waals surface area contributed by atoms with Crippen molar-refractivity contribution >= 4 is 18.0 Å². The summed E-state index contributed by atoms with van der Waals surface area (Å²) in [5, 5.41) is 0. The van der Waals surface area contributed by atoms with Crippen LogP contribution in [0.25, 0.3) is 12.2 Å². The van der Waals surface area contributed by atoms with Gasteiger partial charge in [0.25, 0.3) is 0 Å². The number of aromatic nitrogens is 2. The summed E-state index contributed by atoms with van der Waals surface area (Å²) >= 11 is 0. The minimum atomic E-state index is 0.970. The van der Waals surface area contributed by atoms with E-state index in [1.165, 1.54) is 0 Å². The van der Waals surface area contributed by atoms with Crippen molar-refractivity contribution < 1.29 is 4.57 Å². The highest BCUT2D eigenvalue weighted by Gasteiger charge is 1.99. The average Bonchev–Trinajstić information content (AvgIpc) is 2.38.